The first-order valence-corrected chi connectivity index (χ1v) is 5.89. The molecular weight excluding hydrogens is 249 g/mol. The Hall–Kier alpha value is -2.11. The van der Waals surface area contributed by atoms with Gasteiger partial charge in [0.2, 0.25) is 5.91 Å². The second-order valence-electron chi connectivity index (χ2n) is 4.62. The number of benzene rings is 1. The van der Waals surface area contributed by atoms with Gasteiger partial charge >= 0.3 is 0 Å². The Morgan fingerprint density at radius 1 is 1.37 bits per heavy atom. The van der Waals surface area contributed by atoms with Crippen LogP contribution in [0.2, 0.25) is 0 Å². The molecule has 0 radical (unpaired) electrons. The molecule has 1 aromatic rings. The van der Waals surface area contributed by atoms with Crippen LogP contribution in [0.15, 0.2) is 29.4 Å². The molecule has 0 aliphatic carbocycles. The Balaban J connectivity index is 3.00. The molecule has 0 aromatic heterocycles. The smallest absolute Gasteiger partial charge is 0.237 e. The first kappa shape index (κ1) is 14.9. The molecule has 5 nitrogen and oxygen atoms in total. The molecule has 0 heterocycles. The second-order valence-corrected chi connectivity index (χ2v) is 4.62. The molecule has 0 bridgehead atoms. The quantitative estimate of drug-likeness (QED) is 0.378. The Morgan fingerprint density at radius 2 is 1.89 bits per heavy atom. The van der Waals surface area contributed by atoms with E-state index in [1.165, 1.54) is 29.2 Å². The molecule has 1 aromatic carbocycles. The summed E-state index contributed by atoms with van der Waals surface area (Å²) in [5.41, 5.74) is 6.10. The monoisotopic (exact) mass is 267 g/mol. The predicted molar refractivity (Wildman–Crippen MR) is 71.5 cm³/mol. The topological polar surface area (TPSA) is 78.9 Å². The van der Waals surface area contributed by atoms with E-state index in [0.29, 0.717) is 5.69 Å². The van der Waals surface area contributed by atoms with Crippen LogP contribution in [-0.2, 0) is 4.79 Å². The van der Waals surface area contributed by atoms with E-state index in [2.05, 4.69) is 5.16 Å². The third-order valence-corrected chi connectivity index (χ3v) is 2.91. The van der Waals surface area contributed by atoms with Crippen molar-refractivity contribution in [1.82, 2.24) is 0 Å². The van der Waals surface area contributed by atoms with Crippen molar-refractivity contribution in [3.63, 3.8) is 0 Å². The van der Waals surface area contributed by atoms with Crippen LogP contribution in [0.25, 0.3) is 0 Å². The molecule has 1 rings (SSSR count). The summed E-state index contributed by atoms with van der Waals surface area (Å²) in [5, 5.41) is 11.6. The molecule has 1 atom stereocenters. The lowest BCUT2D eigenvalue weighted by atomic mass is 9.93. The molecule has 0 saturated heterocycles. The molecule has 0 aliphatic rings. The van der Waals surface area contributed by atoms with Crippen molar-refractivity contribution in [3.05, 3.63) is 30.1 Å². The third-order valence-electron chi connectivity index (χ3n) is 2.91. The van der Waals surface area contributed by atoms with Gasteiger partial charge in [-0.1, -0.05) is 19.0 Å². The summed E-state index contributed by atoms with van der Waals surface area (Å²) in [4.78, 5) is 13.7. The van der Waals surface area contributed by atoms with Gasteiger partial charge in [0.15, 0.2) is 5.84 Å². The lowest BCUT2D eigenvalue weighted by molar-refractivity contribution is -0.121. The van der Waals surface area contributed by atoms with Crippen LogP contribution in [0.4, 0.5) is 10.1 Å². The fraction of sp³-hybridized carbons (Fsp3) is 0.385. The number of nitrogens with zero attached hydrogens (tertiary/aromatic N) is 2. The third kappa shape index (κ3) is 3.43. The van der Waals surface area contributed by atoms with Crippen molar-refractivity contribution < 1.29 is 14.4 Å². The average molecular weight is 267 g/mol. The van der Waals surface area contributed by atoms with E-state index in [1.54, 1.807) is 20.9 Å². The maximum Gasteiger partial charge on any atom is 0.237 e. The van der Waals surface area contributed by atoms with E-state index < -0.39 is 5.92 Å². The van der Waals surface area contributed by atoms with E-state index in [-0.39, 0.29) is 23.5 Å². The van der Waals surface area contributed by atoms with Gasteiger partial charge in [-0.05, 0) is 30.2 Å². The van der Waals surface area contributed by atoms with E-state index in [0.717, 1.165) is 0 Å². The molecule has 1 unspecified atom stereocenters. The minimum Gasteiger partial charge on any atom is -0.409 e. The fourth-order valence-electron chi connectivity index (χ4n) is 1.82. The van der Waals surface area contributed by atoms with Crippen molar-refractivity contribution in [1.29, 1.82) is 0 Å². The highest BCUT2D eigenvalue weighted by molar-refractivity contribution is 6.08. The summed E-state index contributed by atoms with van der Waals surface area (Å²) in [6.07, 6.45) is 0. The van der Waals surface area contributed by atoms with Crippen LogP contribution in [0, 0.1) is 17.7 Å². The van der Waals surface area contributed by atoms with Gasteiger partial charge in [0.1, 0.15) is 11.7 Å². The molecule has 19 heavy (non-hydrogen) atoms. The first-order chi connectivity index (χ1) is 8.88. The molecule has 0 spiro atoms. The number of rotatable bonds is 4. The fourth-order valence-corrected chi connectivity index (χ4v) is 1.82. The van der Waals surface area contributed by atoms with Crippen LogP contribution in [0.1, 0.15) is 13.8 Å². The van der Waals surface area contributed by atoms with Gasteiger partial charge < -0.3 is 15.8 Å². The normalized spacial score (nSPS) is 13.4. The number of hydrogen-bond donors (Lipinski definition) is 2. The molecule has 1 amide bonds. The summed E-state index contributed by atoms with van der Waals surface area (Å²) in [7, 11) is 1.57. The lowest BCUT2D eigenvalue weighted by Crippen LogP contribution is -2.42. The highest BCUT2D eigenvalue weighted by atomic mass is 19.1. The van der Waals surface area contributed by atoms with Gasteiger partial charge in [-0.25, -0.2) is 4.39 Å². The number of oxime groups is 1. The number of carbonyl (C=O) groups is 1. The zero-order chi connectivity index (χ0) is 14.6. The number of hydrogen-bond acceptors (Lipinski definition) is 3. The lowest BCUT2D eigenvalue weighted by Gasteiger charge is -2.25. The van der Waals surface area contributed by atoms with Gasteiger partial charge in [-0.3, -0.25) is 4.79 Å². The van der Waals surface area contributed by atoms with Crippen LogP contribution in [0.3, 0.4) is 0 Å². The summed E-state index contributed by atoms with van der Waals surface area (Å²) in [6.45, 7) is 3.61. The molecule has 0 fully saturated rings. The number of amidine groups is 1. The highest BCUT2D eigenvalue weighted by Gasteiger charge is 2.29. The van der Waals surface area contributed by atoms with E-state index in [4.69, 9.17) is 10.9 Å². The summed E-state index contributed by atoms with van der Waals surface area (Å²) in [5.74, 6) is -1.65. The predicted octanol–water partition coefficient (Wildman–Crippen LogP) is 1.81. The average Bonchev–Trinajstić information content (AvgIpc) is 2.38. The van der Waals surface area contributed by atoms with Crippen molar-refractivity contribution >= 4 is 17.4 Å². The molecule has 6 heteroatoms. The minimum absolute atomic E-state index is 0.119. The largest absolute Gasteiger partial charge is 0.409 e. The minimum atomic E-state index is -0.722. The molecular formula is C13H18FN3O2. The van der Waals surface area contributed by atoms with E-state index in [1.807, 2.05) is 0 Å². The van der Waals surface area contributed by atoms with Crippen LogP contribution in [-0.4, -0.2) is 24.0 Å². The number of nitrogens with two attached hydrogens (primary N) is 1. The summed E-state index contributed by atoms with van der Waals surface area (Å²) >= 11 is 0. The summed E-state index contributed by atoms with van der Waals surface area (Å²) in [6, 6.07) is 5.54. The Bertz CT molecular complexity index is 471. The van der Waals surface area contributed by atoms with Gasteiger partial charge in [0.25, 0.3) is 0 Å². The van der Waals surface area contributed by atoms with Crippen LogP contribution in [0.5, 0.6) is 0 Å². The number of carbonyl (C=O) groups excluding carboxylic acids is 1. The van der Waals surface area contributed by atoms with Crippen molar-refractivity contribution in [3.8, 4) is 0 Å². The van der Waals surface area contributed by atoms with Crippen molar-refractivity contribution in [2.24, 2.45) is 22.7 Å². The van der Waals surface area contributed by atoms with Crippen molar-refractivity contribution in [2.75, 3.05) is 11.9 Å². The first-order valence-electron chi connectivity index (χ1n) is 5.89. The number of halogens is 1. The van der Waals surface area contributed by atoms with E-state index >= 15 is 0 Å². The number of amides is 1. The Morgan fingerprint density at radius 3 is 2.32 bits per heavy atom. The molecule has 0 aliphatic heterocycles. The van der Waals surface area contributed by atoms with Gasteiger partial charge in [-0.15, -0.1) is 0 Å². The van der Waals surface area contributed by atoms with Gasteiger partial charge in [0, 0.05) is 12.7 Å². The summed E-state index contributed by atoms with van der Waals surface area (Å²) < 4.78 is 12.8. The zero-order valence-electron chi connectivity index (χ0n) is 11.2. The van der Waals surface area contributed by atoms with Crippen molar-refractivity contribution in [2.45, 2.75) is 13.8 Å². The zero-order valence-corrected chi connectivity index (χ0v) is 11.2. The van der Waals surface area contributed by atoms with Crippen LogP contribution >= 0.6 is 0 Å². The van der Waals surface area contributed by atoms with Crippen LogP contribution < -0.4 is 10.6 Å². The maximum atomic E-state index is 12.8. The van der Waals surface area contributed by atoms with E-state index in [9.17, 15) is 9.18 Å². The molecule has 3 N–H and O–H groups in total. The highest BCUT2D eigenvalue weighted by Crippen LogP contribution is 2.20. The standard InChI is InChI=1S/C13H18FN3O2/c1-8(2)11(12(15)16-19)13(18)17(3)10-6-4-9(14)5-7-10/h4-8,11,19H,1-3H3,(H2,15,16). The molecule has 104 valence electrons. The Labute approximate surface area is 111 Å². The Kier molecular flexibility index (Phi) is 4.86. The second kappa shape index (κ2) is 6.17. The molecule has 0 saturated carbocycles. The van der Waals surface area contributed by atoms with Gasteiger partial charge in [-0.2, -0.15) is 0 Å². The van der Waals surface area contributed by atoms with Gasteiger partial charge in [0.05, 0.1) is 0 Å². The number of anilines is 1. The SMILES string of the molecule is CC(C)C(C(=O)N(C)c1ccc(F)cc1)C(N)=NO. The maximum absolute atomic E-state index is 12.8.